The maximum Gasteiger partial charge on any atom is 0.255 e. The second-order valence-corrected chi connectivity index (χ2v) is 7.75. The summed E-state index contributed by atoms with van der Waals surface area (Å²) < 4.78 is 11.3. The molecule has 0 unspecified atom stereocenters. The maximum atomic E-state index is 12.6. The molecule has 1 heterocycles. The Balaban J connectivity index is 1.32. The van der Waals surface area contributed by atoms with E-state index in [0.29, 0.717) is 29.4 Å². The smallest absolute Gasteiger partial charge is 0.255 e. The molecular formula is C26H28N2O4. The van der Waals surface area contributed by atoms with Gasteiger partial charge in [-0.05, 0) is 92.6 Å². The summed E-state index contributed by atoms with van der Waals surface area (Å²) in [6, 6.07) is 22.3. The second kappa shape index (κ2) is 10.2. The van der Waals surface area contributed by atoms with Crippen molar-refractivity contribution in [1.82, 2.24) is 0 Å². The average molecular weight is 433 g/mol. The number of piperidine rings is 1. The number of aliphatic hydroxyl groups excluding tert-OH is 1. The highest BCUT2D eigenvalue weighted by molar-refractivity contribution is 6.04. The van der Waals surface area contributed by atoms with E-state index in [0.717, 1.165) is 37.4 Å². The number of anilines is 2. The highest BCUT2D eigenvalue weighted by Gasteiger charge is 2.17. The Morgan fingerprint density at radius 2 is 1.47 bits per heavy atom. The molecule has 1 aliphatic heterocycles. The molecule has 32 heavy (non-hydrogen) atoms. The number of rotatable bonds is 7. The van der Waals surface area contributed by atoms with Gasteiger partial charge in [-0.25, -0.2) is 0 Å². The van der Waals surface area contributed by atoms with Crippen LogP contribution in [0.2, 0.25) is 0 Å². The first-order valence-electron chi connectivity index (χ1n) is 11.0. The largest absolute Gasteiger partial charge is 0.494 e. The van der Waals surface area contributed by atoms with Gasteiger partial charge in [0, 0.05) is 30.0 Å². The Kier molecular flexibility index (Phi) is 6.92. The Bertz CT molecular complexity index is 1010. The summed E-state index contributed by atoms with van der Waals surface area (Å²) in [5.74, 6) is 2.04. The van der Waals surface area contributed by atoms with Gasteiger partial charge in [-0.3, -0.25) is 4.79 Å². The highest BCUT2D eigenvalue weighted by atomic mass is 16.5. The molecule has 3 aromatic carbocycles. The fourth-order valence-electron chi connectivity index (χ4n) is 3.66. The minimum atomic E-state index is -0.200. The fraction of sp³-hybridized carbons (Fsp3) is 0.269. The lowest BCUT2D eigenvalue weighted by Crippen LogP contribution is -2.35. The molecule has 0 atom stereocenters. The predicted molar refractivity (Wildman–Crippen MR) is 126 cm³/mol. The number of carbonyl (C=O) groups is 1. The van der Waals surface area contributed by atoms with E-state index in [-0.39, 0.29) is 12.0 Å². The topological polar surface area (TPSA) is 71.0 Å². The molecule has 4 rings (SSSR count). The van der Waals surface area contributed by atoms with E-state index in [2.05, 4.69) is 10.2 Å². The van der Waals surface area contributed by atoms with Crippen molar-refractivity contribution in [2.75, 3.05) is 29.9 Å². The lowest BCUT2D eigenvalue weighted by molar-refractivity contribution is 0.102. The van der Waals surface area contributed by atoms with Crippen LogP contribution in [0.1, 0.15) is 30.1 Å². The van der Waals surface area contributed by atoms with Gasteiger partial charge >= 0.3 is 0 Å². The van der Waals surface area contributed by atoms with Crippen LogP contribution in [0.25, 0.3) is 0 Å². The predicted octanol–water partition coefficient (Wildman–Crippen LogP) is 5.09. The van der Waals surface area contributed by atoms with E-state index >= 15 is 0 Å². The summed E-state index contributed by atoms with van der Waals surface area (Å²) in [4.78, 5) is 14.8. The molecule has 1 amide bonds. The van der Waals surface area contributed by atoms with E-state index < -0.39 is 0 Å². The summed E-state index contributed by atoms with van der Waals surface area (Å²) in [5.41, 5.74) is 2.37. The standard InChI is InChI=1S/C26H28N2O4/c1-2-31-23-11-13-25(14-12-23)32-24-9-5-20(6-10-24)27-26(30)19-3-7-21(8-4-19)28-17-15-22(29)16-18-28/h3-14,22,29H,2,15-18H2,1H3,(H,27,30). The molecule has 6 nitrogen and oxygen atoms in total. The van der Waals surface area contributed by atoms with Crippen LogP contribution in [-0.2, 0) is 0 Å². The number of amides is 1. The van der Waals surface area contributed by atoms with E-state index in [1.165, 1.54) is 0 Å². The third kappa shape index (κ3) is 5.59. The van der Waals surface area contributed by atoms with Gasteiger partial charge in [0.15, 0.2) is 0 Å². The van der Waals surface area contributed by atoms with Crippen molar-refractivity contribution < 1.29 is 19.4 Å². The van der Waals surface area contributed by atoms with Crippen molar-refractivity contribution in [2.45, 2.75) is 25.9 Å². The molecule has 0 aromatic heterocycles. The number of nitrogens with one attached hydrogen (secondary N) is 1. The maximum absolute atomic E-state index is 12.6. The van der Waals surface area contributed by atoms with Crippen LogP contribution >= 0.6 is 0 Å². The molecule has 0 radical (unpaired) electrons. The summed E-state index contributed by atoms with van der Waals surface area (Å²) in [5, 5.41) is 12.6. The number of hydrogen-bond donors (Lipinski definition) is 2. The second-order valence-electron chi connectivity index (χ2n) is 7.75. The number of benzene rings is 3. The van der Waals surface area contributed by atoms with Crippen LogP contribution in [0.3, 0.4) is 0 Å². The normalized spacial score (nSPS) is 14.1. The summed E-state index contributed by atoms with van der Waals surface area (Å²) in [6.45, 7) is 4.23. The lowest BCUT2D eigenvalue weighted by Gasteiger charge is -2.31. The minimum absolute atomic E-state index is 0.161. The molecule has 1 fully saturated rings. The van der Waals surface area contributed by atoms with Crippen molar-refractivity contribution in [3.8, 4) is 17.2 Å². The SMILES string of the molecule is CCOc1ccc(Oc2ccc(NC(=O)c3ccc(N4CCC(O)CC4)cc3)cc2)cc1. The van der Waals surface area contributed by atoms with Gasteiger partial charge in [0.05, 0.1) is 12.7 Å². The summed E-state index contributed by atoms with van der Waals surface area (Å²) >= 11 is 0. The van der Waals surface area contributed by atoms with Gasteiger partial charge < -0.3 is 24.8 Å². The van der Waals surface area contributed by atoms with Crippen molar-refractivity contribution in [3.63, 3.8) is 0 Å². The Hall–Kier alpha value is -3.51. The van der Waals surface area contributed by atoms with Crippen LogP contribution in [0.15, 0.2) is 72.8 Å². The molecule has 0 spiro atoms. The van der Waals surface area contributed by atoms with Crippen molar-refractivity contribution in [1.29, 1.82) is 0 Å². The van der Waals surface area contributed by atoms with E-state index in [1.807, 2.05) is 79.7 Å². The van der Waals surface area contributed by atoms with E-state index in [4.69, 9.17) is 9.47 Å². The zero-order valence-electron chi connectivity index (χ0n) is 18.2. The quantitative estimate of drug-likeness (QED) is 0.544. The lowest BCUT2D eigenvalue weighted by atomic mass is 10.1. The molecule has 0 bridgehead atoms. The summed E-state index contributed by atoms with van der Waals surface area (Å²) in [6.07, 6.45) is 1.36. The molecule has 1 saturated heterocycles. The van der Waals surface area contributed by atoms with Crippen LogP contribution in [-0.4, -0.2) is 36.8 Å². The molecule has 3 aromatic rings. The Labute approximate surface area is 188 Å². The molecule has 6 heteroatoms. The number of nitrogens with zero attached hydrogens (tertiary/aromatic N) is 1. The monoisotopic (exact) mass is 432 g/mol. The zero-order valence-corrected chi connectivity index (χ0v) is 18.2. The number of ether oxygens (including phenoxy) is 2. The Morgan fingerprint density at radius 1 is 0.906 bits per heavy atom. The highest BCUT2D eigenvalue weighted by Crippen LogP contribution is 2.26. The Morgan fingerprint density at radius 3 is 2.06 bits per heavy atom. The number of carbonyl (C=O) groups excluding carboxylic acids is 1. The van der Waals surface area contributed by atoms with E-state index in [1.54, 1.807) is 0 Å². The fourth-order valence-corrected chi connectivity index (χ4v) is 3.66. The molecular weight excluding hydrogens is 404 g/mol. The van der Waals surface area contributed by atoms with Gasteiger partial charge in [0.1, 0.15) is 17.2 Å². The zero-order chi connectivity index (χ0) is 22.3. The van der Waals surface area contributed by atoms with E-state index in [9.17, 15) is 9.90 Å². The van der Waals surface area contributed by atoms with Gasteiger partial charge in [-0.15, -0.1) is 0 Å². The molecule has 1 aliphatic rings. The molecule has 2 N–H and O–H groups in total. The first kappa shape index (κ1) is 21.7. The first-order chi connectivity index (χ1) is 15.6. The third-order valence-electron chi connectivity index (χ3n) is 5.44. The van der Waals surface area contributed by atoms with Gasteiger partial charge in [-0.2, -0.15) is 0 Å². The number of aliphatic hydroxyl groups is 1. The first-order valence-corrected chi connectivity index (χ1v) is 11.0. The molecule has 0 saturated carbocycles. The third-order valence-corrected chi connectivity index (χ3v) is 5.44. The van der Waals surface area contributed by atoms with Crippen molar-refractivity contribution >= 4 is 17.3 Å². The van der Waals surface area contributed by atoms with Crippen molar-refractivity contribution in [2.24, 2.45) is 0 Å². The van der Waals surface area contributed by atoms with Crippen LogP contribution in [0, 0.1) is 0 Å². The van der Waals surface area contributed by atoms with Gasteiger partial charge in [-0.1, -0.05) is 0 Å². The number of hydrogen-bond acceptors (Lipinski definition) is 5. The summed E-state index contributed by atoms with van der Waals surface area (Å²) in [7, 11) is 0. The van der Waals surface area contributed by atoms with Crippen LogP contribution in [0.4, 0.5) is 11.4 Å². The van der Waals surface area contributed by atoms with Gasteiger partial charge in [0.2, 0.25) is 0 Å². The molecule has 166 valence electrons. The van der Waals surface area contributed by atoms with Crippen molar-refractivity contribution in [3.05, 3.63) is 78.4 Å². The van der Waals surface area contributed by atoms with Crippen LogP contribution < -0.4 is 19.7 Å². The van der Waals surface area contributed by atoms with Gasteiger partial charge in [0.25, 0.3) is 5.91 Å². The molecule has 0 aliphatic carbocycles. The average Bonchev–Trinajstić information content (AvgIpc) is 2.82. The minimum Gasteiger partial charge on any atom is -0.494 e. The van der Waals surface area contributed by atoms with Crippen LogP contribution in [0.5, 0.6) is 17.2 Å².